The summed E-state index contributed by atoms with van der Waals surface area (Å²) in [6, 6.07) is 3.39. The van der Waals surface area contributed by atoms with Crippen molar-refractivity contribution >= 4 is 27.1 Å². The zero-order valence-corrected chi connectivity index (χ0v) is 32.0. The van der Waals surface area contributed by atoms with Crippen molar-refractivity contribution in [1.82, 2.24) is 0 Å². The van der Waals surface area contributed by atoms with Crippen LogP contribution in [0.5, 0.6) is 11.5 Å². The predicted molar refractivity (Wildman–Crippen MR) is 182 cm³/mol. The fourth-order valence-electron chi connectivity index (χ4n) is 5.51. The number of hydrogen-bond donors (Lipinski definition) is 1. The van der Waals surface area contributed by atoms with Crippen LogP contribution in [-0.4, -0.2) is 75.1 Å². The van der Waals surface area contributed by atoms with Gasteiger partial charge < -0.3 is 37.4 Å². The van der Waals surface area contributed by atoms with Crippen molar-refractivity contribution in [3.05, 3.63) is 23.3 Å². The normalized spacial score (nSPS) is 14.0. The Balaban J connectivity index is 3.47. The second-order valence-electron chi connectivity index (χ2n) is 12.2. The van der Waals surface area contributed by atoms with E-state index < -0.39 is 49.3 Å². The first-order valence-electron chi connectivity index (χ1n) is 16.5. The Labute approximate surface area is 281 Å². The van der Waals surface area contributed by atoms with Gasteiger partial charge >= 0.3 is 27.1 Å². The van der Waals surface area contributed by atoms with E-state index in [1.165, 1.54) is 7.11 Å². The maximum atomic E-state index is 13.7. The number of ether oxygens (including phenoxy) is 3. The highest BCUT2D eigenvalue weighted by molar-refractivity contribution is 7.56. The molecule has 0 fully saturated rings. The Kier molecular flexibility index (Phi) is 17.7. The van der Waals surface area contributed by atoms with Crippen LogP contribution in [0, 0.1) is 0 Å². The summed E-state index contributed by atoms with van der Waals surface area (Å²) in [5.41, 5.74) is -2.43. The third-order valence-corrected chi connectivity index (χ3v) is 12.9. The van der Waals surface area contributed by atoms with Crippen molar-refractivity contribution < 1.29 is 56.1 Å². The molecule has 2 atom stereocenters. The third kappa shape index (κ3) is 11.6. The molecule has 14 heteroatoms. The van der Waals surface area contributed by atoms with Crippen LogP contribution in [0.4, 0.5) is 0 Å². The molecule has 1 aromatic rings. The summed E-state index contributed by atoms with van der Waals surface area (Å²) in [6.45, 7) is 18.4. The number of phenols is 1. The largest absolute Gasteiger partial charge is 0.508 e. The molecule has 0 bridgehead atoms. The fraction of sp³-hybridized carbons (Fsp3) is 0.758. The molecule has 0 heterocycles. The summed E-state index contributed by atoms with van der Waals surface area (Å²) in [7, 11) is -6.13. The van der Waals surface area contributed by atoms with E-state index in [-0.39, 0.29) is 58.2 Å². The van der Waals surface area contributed by atoms with Crippen LogP contribution in [0.2, 0.25) is 0 Å². The molecular formula is C33H58O12P2. The van der Waals surface area contributed by atoms with Crippen LogP contribution < -0.4 is 4.74 Å². The van der Waals surface area contributed by atoms with Gasteiger partial charge in [-0.15, -0.1) is 0 Å². The number of hydrogen-bond acceptors (Lipinski definition) is 12. The lowest BCUT2D eigenvalue weighted by atomic mass is 9.75. The average Bonchev–Trinajstić information content (AvgIpc) is 2.97. The van der Waals surface area contributed by atoms with Gasteiger partial charge in [0.25, 0.3) is 0 Å². The van der Waals surface area contributed by atoms with Gasteiger partial charge in [-0.3, -0.25) is 18.7 Å². The van der Waals surface area contributed by atoms with Gasteiger partial charge in [-0.05, 0) is 90.2 Å². The maximum absolute atomic E-state index is 13.7. The van der Waals surface area contributed by atoms with Crippen molar-refractivity contribution in [2.24, 2.45) is 0 Å². The second-order valence-corrected chi connectivity index (χ2v) is 16.6. The minimum atomic E-state index is -3.83. The van der Waals surface area contributed by atoms with Crippen molar-refractivity contribution in [1.29, 1.82) is 0 Å². The molecule has 0 aliphatic heterocycles. The monoisotopic (exact) mass is 708 g/mol. The standard InChI is InChI=1S/C33H58O12P2/c1-12-40-30(35)28(46(37,42-14-3)43-15-4)18-20-32(7,8)24-23-27(39-11)25(22-26(24)34)33(9,10)21-19-29(31(36)41-13-2)47(38,44-16-5)45-17-6/h22-23,28-29,34H,12-21H2,1-11H3. The topological polar surface area (TPSA) is 153 Å². The summed E-state index contributed by atoms with van der Waals surface area (Å²) in [4.78, 5) is 25.9. The highest BCUT2D eigenvalue weighted by Gasteiger charge is 2.45. The Morgan fingerprint density at radius 3 is 1.34 bits per heavy atom. The van der Waals surface area contributed by atoms with E-state index in [2.05, 4.69) is 0 Å². The Hall–Kier alpha value is -1.94. The molecule has 0 aromatic heterocycles. The molecule has 12 nitrogen and oxygen atoms in total. The molecule has 0 spiro atoms. The molecule has 0 amide bonds. The number of carbonyl (C=O) groups is 2. The van der Waals surface area contributed by atoms with Gasteiger partial charge in [0.05, 0.1) is 46.8 Å². The fourth-order valence-corrected chi connectivity index (χ4v) is 9.38. The van der Waals surface area contributed by atoms with Crippen molar-refractivity contribution in [3.63, 3.8) is 0 Å². The van der Waals surface area contributed by atoms with Gasteiger partial charge in [0.15, 0.2) is 11.3 Å². The highest BCUT2D eigenvalue weighted by atomic mass is 31.2. The number of methoxy groups -OCH3 is 1. The van der Waals surface area contributed by atoms with Crippen LogP contribution in [0.15, 0.2) is 12.1 Å². The van der Waals surface area contributed by atoms with Gasteiger partial charge in [-0.2, -0.15) is 0 Å². The SMILES string of the molecule is CCOC(=O)C(CCC(C)(C)c1cc(OC)c(C(C)(C)CCC(C(=O)OCC)P(=O)(OCC)OCC)cc1O)P(=O)(OCC)OCC. The van der Waals surface area contributed by atoms with Crippen LogP contribution >= 0.6 is 15.2 Å². The minimum absolute atomic E-state index is 0.000561. The molecule has 0 saturated carbocycles. The van der Waals surface area contributed by atoms with Crippen LogP contribution in [0.3, 0.4) is 0 Å². The molecule has 0 saturated heterocycles. The molecule has 272 valence electrons. The lowest BCUT2D eigenvalue weighted by molar-refractivity contribution is -0.144. The van der Waals surface area contributed by atoms with Crippen molar-refractivity contribution in [2.75, 3.05) is 46.8 Å². The van der Waals surface area contributed by atoms with E-state index in [1.807, 2.05) is 27.7 Å². The first kappa shape index (κ1) is 43.1. The molecule has 0 aliphatic rings. The average molecular weight is 709 g/mol. The molecule has 47 heavy (non-hydrogen) atoms. The van der Waals surface area contributed by atoms with Gasteiger partial charge in [-0.1, -0.05) is 27.7 Å². The highest BCUT2D eigenvalue weighted by Crippen LogP contribution is 2.57. The summed E-state index contributed by atoms with van der Waals surface area (Å²) >= 11 is 0. The molecular weight excluding hydrogens is 650 g/mol. The summed E-state index contributed by atoms with van der Waals surface area (Å²) in [5, 5.41) is 11.4. The number of benzene rings is 1. The molecule has 1 aromatic carbocycles. The molecule has 2 unspecified atom stereocenters. The summed E-state index contributed by atoms with van der Waals surface area (Å²) < 4.78 is 65.6. The van der Waals surface area contributed by atoms with Gasteiger partial charge in [0.1, 0.15) is 11.5 Å². The lowest BCUT2D eigenvalue weighted by Gasteiger charge is -2.33. The minimum Gasteiger partial charge on any atom is -0.508 e. The van der Waals surface area contributed by atoms with Gasteiger partial charge in [-0.25, -0.2) is 0 Å². The Morgan fingerprint density at radius 2 is 1.02 bits per heavy atom. The van der Waals surface area contributed by atoms with E-state index in [0.29, 0.717) is 29.7 Å². The lowest BCUT2D eigenvalue weighted by Crippen LogP contribution is -2.30. The van der Waals surface area contributed by atoms with Crippen LogP contribution in [-0.2, 0) is 57.1 Å². The van der Waals surface area contributed by atoms with E-state index in [4.69, 9.17) is 32.3 Å². The molecule has 0 radical (unpaired) electrons. The van der Waals surface area contributed by atoms with Crippen LogP contribution in [0.25, 0.3) is 0 Å². The van der Waals surface area contributed by atoms with Gasteiger partial charge in [0, 0.05) is 11.1 Å². The van der Waals surface area contributed by atoms with E-state index in [0.717, 1.165) is 0 Å². The number of aromatic hydroxyl groups is 1. The second kappa shape index (κ2) is 19.3. The number of phenolic OH excluding ortho intramolecular Hbond substituents is 1. The van der Waals surface area contributed by atoms with Crippen LogP contribution in [0.1, 0.15) is 106 Å². The quantitative estimate of drug-likeness (QED) is 0.0868. The van der Waals surface area contributed by atoms with E-state index in [1.54, 1.807) is 53.7 Å². The zero-order valence-electron chi connectivity index (χ0n) is 30.2. The Morgan fingerprint density at radius 1 is 0.660 bits per heavy atom. The first-order chi connectivity index (χ1) is 22.0. The predicted octanol–water partition coefficient (Wildman–Crippen LogP) is 7.91. The molecule has 1 rings (SSSR count). The molecule has 0 aliphatic carbocycles. The number of esters is 2. The van der Waals surface area contributed by atoms with E-state index in [9.17, 15) is 23.8 Å². The van der Waals surface area contributed by atoms with E-state index >= 15 is 0 Å². The van der Waals surface area contributed by atoms with Crippen molar-refractivity contribution in [2.45, 2.75) is 117 Å². The molecule has 1 N–H and O–H groups in total. The Bertz CT molecular complexity index is 1230. The van der Waals surface area contributed by atoms with Crippen molar-refractivity contribution in [3.8, 4) is 11.5 Å². The summed E-state index contributed by atoms with van der Waals surface area (Å²) in [5.74, 6) is -0.815. The first-order valence-corrected chi connectivity index (χ1v) is 19.7. The zero-order chi connectivity index (χ0) is 36.1. The smallest absolute Gasteiger partial charge is 0.344 e. The number of rotatable bonds is 23. The van der Waals surface area contributed by atoms with Gasteiger partial charge in [0.2, 0.25) is 0 Å². The number of carbonyl (C=O) groups excluding carboxylic acids is 2. The summed E-state index contributed by atoms with van der Waals surface area (Å²) in [6.07, 6.45) is 0.929. The third-order valence-electron chi connectivity index (χ3n) is 7.98. The maximum Gasteiger partial charge on any atom is 0.344 e.